The van der Waals surface area contributed by atoms with E-state index in [1.165, 1.54) is 6.20 Å². The van der Waals surface area contributed by atoms with Crippen LogP contribution >= 0.6 is 0 Å². The lowest BCUT2D eigenvalue weighted by Crippen LogP contribution is -2.09. The number of nitrogens with one attached hydrogen (secondary N) is 2. The largest absolute Gasteiger partial charge is 0.478 e. The Balaban J connectivity index is 1.72. The number of para-hydroxylation sites is 1. The molecule has 0 saturated carbocycles. The van der Waals surface area contributed by atoms with Crippen LogP contribution in [0.3, 0.4) is 0 Å². The monoisotopic (exact) mass is 375 g/mol. The Bertz CT molecular complexity index is 1170. The standard InChI is InChI=1S/C20H14FN5O2/c21-16-9-15(20(27)28)18(26-19(16)24-13-5-3-7-22-10-13)25-14-8-12-4-1-2-6-17(12)23-11-14/h1-11H,(H,27,28)(H2,24,25,26). The van der Waals surface area contributed by atoms with E-state index in [9.17, 15) is 14.3 Å². The maximum Gasteiger partial charge on any atom is 0.339 e. The molecule has 1 aromatic carbocycles. The number of anilines is 4. The van der Waals surface area contributed by atoms with Gasteiger partial charge in [0.05, 0.1) is 29.3 Å². The number of hydrogen-bond donors (Lipinski definition) is 3. The molecule has 28 heavy (non-hydrogen) atoms. The van der Waals surface area contributed by atoms with E-state index in [-0.39, 0.29) is 17.2 Å². The number of rotatable bonds is 5. The fourth-order valence-electron chi connectivity index (χ4n) is 2.68. The topological polar surface area (TPSA) is 100 Å². The van der Waals surface area contributed by atoms with Gasteiger partial charge in [-0.2, -0.15) is 0 Å². The first-order chi connectivity index (χ1) is 13.6. The lowest BCUT2D eigenvalue weighted by Gasteiger charge is -2.13. The summed E-state index contributed by atoms with van der Waals surface area (Å²) in [6.07, 6.45) is 4.65. The van der Waals surface area contributed by atoms with Crippen LogP contribution in [0.4, 0.5) is 27.4 Å². The highest BCUT2D eigenvalue weighted by Gasteiger charge is 2.18. The average molecular weight is 375 g/mol. The Morgan fingerprint density at radius 3 is 2.57 bits per heavy atom. The van der Waals surface area contributed by atoms with Crippen molar-refractivity contribution in [3.63, 3.8) is 0 Å². The second-order valence-corrected chi connectivity index (χ2v) is 5.93. The maximum atomic E-state index is 14.4. The van der Waals surface area contributed by atoms with Gasteiger partial charge in [0.25, 0.3) is 0 Å². The van der Waals surface area contributed by atoms with Crippen LogP contribution in [0.25, 0.3) is 10.9 Å². The molecule has 3 heterocycles. The van der Waals surface area contributed by atoms with Crippen LogP contribution in [0.2, 0.25) is 0 Å². The number of pyridine rings is 3. The van der Waals surface area contributed by atoms with Crippen molar-refractivity contribution < 1.29 is 14.3 Å². The number of carboxylic acid groups (broad SMARTS) is 1. The zero-order valence-corrected chi connectivity index (χ0v) is 14.4. The van der Waals surface area contributed by atoms with Gasteiger partial charge in [0, 0.05) is 11.6 Å². The van der Waals surface area contributed by atoms with Crippen LogP contribution in [0.15, 0.2) is 67.1 Å². The number of benzene rings is 1. The van der Waals surface area contributed by atoms with E-state index in [0.29, 0.717) is 11.4 Å². The molecule has 0 aliphatic carbocycles. The van der Waals surface area contributed by atoms with Gasteiger partial charge in [-0.05, 0) is 30.3 Å². The third-order valence-electron chi connectivity index (χ3n) is 3.98. The maximum absolute atomic E-state index is 14.4. The molecule has 0 spiro atoms. The van der Waals surface area contributed by atoms with Crippen molar-refractivity contribution in [2.24, 2.45) is 0 Å². The second-order valence-electron chi connectivity index (χ2n) is 5.93. The first kappa shape index (κ1) is 17.3. The molecule has 0 aliphatic rings. The smallest absolute Gasteiger partial charge is 0.339 e. The number of hydrogen-bond acceptors (Lipinski definition) is 6. The summed E-state index contributed by atoms with van der Waals surface area (Å²) >= 11 is 0. The number of nitrogens with zero attached hydrogens (tertiary/aromatic N) is 3. The number of carboxylic acids is 1. The van der Waals surface area contributed by atoms with E-state index in [1.54, 1.807) is 24.5 Å². The van der Waals surface area contributed by atoms with Crippen LogP contribution in [-0.4, -0.2) is 26.0 Å². The zero-order valence-electron chi connectivity index (χ0n) is 14.4. The van der Waals surface area contributed by atoms with Crippen molar-refractivity contribution in [1.82, 2.24) is 15.0 Å². The van der Waals surface area contributed by atoms with Crippen molar-refractivity contribution in [1.29, 1.82) is 0 Å². The number of carbonyl (C=O) groups is 1. The zero-order chi connectivity index (χ0) is 19.5. The third-order valence-corrected chi connectivity index (χ3v) is 3.98. The van der Waals surface area contributed by atoms with Crippen LogP contribution in [0.5, 0.6) is 0 Å². The molecule has 0 atom stereocenters. The SMILES string of the molecule is O=C(O)c1cc(F)c(Nc2cccnc2)nc1Nc1cnc2ccccc2c1. The van der Waals surface area contributed by atoms with Gasteiger partial charge in [0.1, 0.15) is 11.4 Å². The van der Waals surface area contributed by atoms with E-state index in [4.69, 9.17) is 0 Å². The minimum atomic E-state index is -1.30. The molecule has 0 amide bonds. The summed E-state index contributed by atoms with van der Waals surface area (Å²) in [6, 6.07) is 13.6. The molecule has 0 unspecified atom stereocenters. The van der Waals surface area contributed by atoms with Gasteiger partial charge < -0.3 is 15.7 Å². The highest BCUT2D eigenvalue weighted by atomic mass is 19.1. The van der Waals surface area contributed by atoms with Crippen molar-refractivity contribution in [2.45, 2.75) is 0 Å². The van der Waals surface area contributed by atoms with Gasteiger partial charge in [-0.15, -0.1) is 0 Å². The summed E-state index contributed by atoms with van der Waals surface area (Å²) < 4.78 is 14.4. The quantitative estimate of drug-likeness (QED) is 0.477. The highest BCUT2D eigenvalue weighted by Crippen LogP contribution is 2.26. The number of aromatic nitrogens is 3. The van der Waals surface area contributed by atoms with E-state index >= 15 is 0 Å². The summed E-state index contributed by atoms with van der Waals surface area (Å²) in [7, 11) is 0. The Kier molecular flexibility index (Phi) is 4.51. The van der Waals surface area contributed by atoms with Crippen molar-refractivity contribution >= 4 is 39.9 Å². The van der Waals surface area contributed by atoms with Gasteiger partial charge in [-0.25, -0.2) is 14.2 Å². The molecule has 0 aliphatic heterocycles. The van der Waals surface area contributed by atoms with E-state index in [2.05, 4.69) is 25.6 Å². The van der Waals surface area contributed by atoms with Gasteiger partial charge >= 0.3 is 5.97 Å². The number of aromatic carboxylic acids is 1. The molecule has 7 nitrogen and oxygen atoms in total. The molecule has 0 bridgehead atoms. The molecule has 138 valence electrons. The summed E-state index contributed by atoms with van der Waals surface area (Å²) in [5.74, 6) is -2.20. The van der Waals surface area contributed by atoms with Crippen molar-refractivity contribution in [3.05, 3.63) is 78.5 Å². The van der Waals surface area contributed by atoms with Crippen LogP contribution in [0, 0.1) is 5.82 Å². The first-order valence-electron chi connectivity index (χ1n) is 8.33. The van der Waals surface area contributed by atoms with Crippen LogP contribution in [0.1, 0.15) is 10.4 Å². The van der Waals surface area contributed by atoms with E-state index < -0.39 is 11.8 Å². The average Bonchev–Trinajstić information content (AvgIpc) is 2.71. The fourth-order valence-corrected chi connectivity index (χ4v) is 2.68. The Hall–Kier alpha value is -4.07. The lowest BCUT2D eigenvalue weighted by molar-refractivity contribution is 0.0697. The van der Waals surface area contributed by atoms with Crippen molar-refractivity contribution in [2.75, 3.05) is 10.6 Å². The summed E-state index contributed by atoms with van der Waals surface area (Å²) in [4.78, 5) is 24.0. The fraction of sp³-hybridized carbons (Fsp3) is 0. The molecule has 3 N–H and O–H groups in total. The van der Waals surface area contributed by atoms with E-state index in [1.807, 2.05) is 30.3 Å². The minimum absolute atomic E-state index is 0.00243. The lowest BCUT2D eigenvalue weighted by atomic mass is 10.2. The molecular weight excluding hydrogens is 361 g/mol. The minimum Gasteiger partial charge on any atom is -0.478 e. The van der Waals surface area contributed by atoms with Gasteiger partial charge in [-0.1, -0.05) is 18.2 Å². The normalized spacial score (nSPS) is 10.6. The molecular formula is C20H14FN5O2. The van der Waals surface area contributed by atoms with Gasteiger partial charge in [-0.3, -0.25) is 9.97 Å². The van der Waals surface area contributed by atoms with Crippen LogP contribution in [-0.2, 0) is 0 Å². The number of halogens is 1. The second kappa shape index (κ2) is 7.28. The van der Waals surface area contributed by atoms with Gasteiger partial charge in [0.2, 0.25) is 0 Å². The molecule has 3 aromatic heterocycles. The Labute approximate surface area is 158 Å². The van der Waals surface area contributed by atoms with Crippen LogP contribution < -0.4 is 10.6 Å². The molecule has 8 heteroatoms. The summed E-state index contributed by atoms with van der Waals surface area (Å²) in [5.41, 5.74) is 1.57. The van der Waals surface area contributed by atoms with Crippen molar-refractivity contribution in [3.8, 4) is 0 Å². The summed E-state index contributed by atoms with van der Waals surface area (Å²) in [6.45, 7) is 0. The molecule has 0 fully saturated rings. The Morgan fingerprint density at radius 2 is 1.79 bits per heavy atom. The highest BCUT2D eigenvalue weighted by molar-refractivity contribution is 5.95. The summed E-state index contributed by atoms with van der Waals surface area (Å²) in [5, 5.41) is 16.0. The molecule has 4 aromatic rings. The molecule has 4 rings (SSSR count). The Morgan fingerprint density at radius 1 is 0.964 bits per heavy atom. The van der Waals surface area contributed by atoms with E-state index in [0.717, 1.165) is 17.0 Å². The van der Waals surface area contributed by atoms with Gasteiger partial charge in [0.15, 0.2) is 11.6 Å². The predicted octanol–water partition coefficient (Wildman–Crippen LogP) is 4.35. The molecule has 0 saturated heterocycles. The third kappa shape index (κ3) is 3.56. The predicted molar refractivity (Wildman–Crippen MR) is 104 cm³/mol. The molecule has 0 radical (unpaired) electrons. The first-order valence-corrected chi connectivity index (χ1v) is 8.33. The number of fused-ring (bicyclic) bond motifs is 1.